The van der Waals surface area contributed by atoms with Gasteiger partial charge >= 0.3 is 5.97 Å². The molecule has 0 heterocycles. The third kappa shape index (κ3) is 4.43. The monoisotopic (exact) mass is 311 g/mol. The number of hydrogen-bond acceptors (Lipinski definition) is 3. The first-order valence-electron chi connectivity index (χ1n) is 7.34. The molecule has 1 fully saturated rings. The summed E-state index contributed by atoms with van der Waals surface area (Å²) in [6, 6.07) is 7.73. The molecule has 1 saturated carbocycles. The molecule has 0 bridgehead atoms. The molecule has 0 radical (unpaired) electrons. The first-order valence-corrected chi connectivity index (χ1v) is 7.71. The van der Waals surface area contributed by atoms with E-state index < -0.39 is 11.6 Å². The van der Waals surface area contributed by atoms with Crippen LogP contribution < -0.4 is 5.32 Å². The molecule has 116 valence electrons. The summed E-state index contributed by atoms with van der Waals surface area (Å²) in [6.45, 7) is 2.49. The maximum Gasteiger partial charge on any atom is 0.306 e. The number of hydrogen-bond donors (Lipinski definition) is 3. The van der Waals surface area contributed by atoms with E-state index in [2.05, 4.69) is 5.32 Å². The second-order valence-electron chi connectivity index (χ2n) is 5.99. The highest BCUT2D eigenvalue weighted by Crippen LogP contribution is 2.32. The van der Waals surface area contributed by atoms with Gasteiger partial charge in [-0.2, -0.15) is 0 Å². The van der Waals surface area contributed by atoms with Crippen molar-refractivity contribution in [3.63, 3.8) is 0 Å². The molecule has 2 rings (SSSR count). The van der Waals surface area contributed by atoms with E-state index in [1.165, 1.54) is 0 Å². The van der Waals surface area contributed by atoms with Crippen LogP contribution in [0.1, 0.15) is 44.2 Å². The van der Waals surface area contributed by atoms with Gasteiger partial charge < -0.3 is 15.5 Å². The van der Waals surface area contributed by atoms with Crippen LogP contribution in [0.4, 0.5) is 0 Å². The van der Waals surface area contributed by atoms with Crippen molar-refractivity contribution in [3.8, 4) is 0 Å². The molecule has 21 heavy (non-hydrogen) atoms. The zero-order chi connectivity index (χ0) is 15.5. The number of nitrogens with one attached hydrogen (secondary N) is 1. The number of carboxylic acid groups (broad SMARTS) is 1. The van der Waals surface area contributed by atoms with E-state index in [4.69, 9.17) is 16.7 Å². The SMILES string of the molecule is CC(NCC1(O)CCC(C(=O)O)CC1)c1cccc(Cl)c1. The summed E-state index contributed by atoms with van der Waals surface area (Å²) in [4.78, 5) is 10.9. The first-order chi connectivity index (χ1) is 9.89. The van der Waals surface area contributed by atoms with Crippen molar-refractivity contribution < 1.29 is 15.0 Å². The molecular weight excluding hydrogens is 290 g/mol. The van der Waals surface area contributed by atoms with E-state index in [1.807, 2.05) is 31.2 Å². The van der Waals surface area contributed by atoms with E-state index in [0.717, 1.165) is 5.56 Å². The molecule has 0 spiro atoms. The molecule has 1 atom stereocenters. The Labute approximate surface area is 130 Å². The van der Waals surface area contributed by atoms with Gasteiger partial charge in [0.15, 0.2) is 0 Å². The van der Waals surface area contributed by atoms with E-state index in [9.17, 15) is 9.90 Å². The second kappa shape index (κ2) is 6.77. The van der Waals surface area contributed by atoms with Crippen LogP contribution in [-0.2, 0) is 4.79 Å². The molecule has 0 saturated heterocycles. The van der Waals surface area contributed by atoms with Gasteiger partial charge in [-0.05, 0) is 50.3 Å². The van der Waals surface area contributed by atoms with E-state index in [1.54, 1.807) is 0 Å². The zero-order valence-electron chi connectivity index (χ0n) is 12.2. The molecule has 3 N–H and O–H groups in total. The molecule has 1 unspecified atom stereocenters. The summed E-state index contributed by atoms with van der Waals surface area (Å²) in [5.41, 5.74) is 0.268. The lowest BCUT2D eigenvalue weighted by molar-refractivity contribution is -0.144. The summed E-state index contributed by atoms with van der Waals surface area (Å²) < 4.78 is 0. The van der Waals surface area contributed by atoms with Gasteiger partial charge in [0.1, 0.15) is 0 Å². The van der Waals surface area contributed by atoms with Gasteiger partial charge in [-0.1, -0.05) is 23.7 Å². The van der Waals surface area contributed by atoms with Crippen LogP contribution >= 0.6 is 11.6 Å². The van der Waals surface area contributed by atoms with Crippen LogP contribution in [0.25, 0.3) is 0 Å². The van der Waals surface area contributed by atoms with Crippen molar-refractivity contribution in [2.45, 2.75) is 44.2 Å². The summed E-state index contributed by atoms with van der Waals surface area (Å²) >= 11 is 5.98. The summed E-state index contributed by atoms with van der Waals surface area (Å²) in [5.74, 6) is -1.06. The number of benzene rings is 1. The van der Waals surface area contributed by atoms with Crippen molar-refractivity contribution in [2.24, 2.45) is 5.92 Å². The van der Waals surface area contributed by atoms with Crippen molar-refractivity contribution in [2.75, 3.05) is 6.54 Å². The van der Waals surface area contributed by atoms with Crippen LogP contribution in [-0.4, -0.2) is 28.3 Å². The molecule has 1 aromatic carbocycles. The van der Waals surface area contributed by atoms with Gasteiger partial charge in [0.05, 0.1) is 11.5 Å². The second-order valence-corrected chi connectivity index (χ2v) is 6.43. The average molecular weight is 312 g/mol. The number of carbonyl (C=O) groups is 1. The Morgan fingerprint density at radius 2 is 2.14 bits per heavy atom. The lowest BCUT2D eigenvalue weighted by atomic mass is 9.78. The number of aliphatic hydroxyl groups is 1. The number of carboxylic acids is 1. The highest BCUT2D eigenvalue weighted by atomic mass is 35.5. The summed E-state index contributed by atoms with van der Waals surface area (Å²) in [6.07, 6.45) is 2.14. The third-order valence-electron chi connectivity index (χ3n) is 4.35. The lowest BCUT2D eigenvalue weighted by Gasteiger charge is -2.35. The first kappa shape index (κ1) is 16.3. The van der Waals surface area contributed by atoms with Gasteiger partial charge in [-0.25, -0.2) is 0 Å². The van der Waals surface area contributed by atoms with Crippen molar-refractivity contribution in [3.05, 3.63) is 34.9 Å². The van der Waals surface area contributed by atoms with Gasteiger partial charge in [0.25, 0.3) is 0 Å². The highest BCUT2D eigenvalue weighted by molar-refractivity contribution is 6.30. The topological polar surface area (TPSA) is 69.6 Å². The predicted molar refractivity (Wildman–Crippen MR) is 82.4 cm³/mol. The standard InChI is InChI=1S/C16H22ClNO3/c1-11(13-3-2-4-14(17)9-13)18-10-16(21)7-5-12(6-8-16)15(19)20/h2-4,9,11-12,18,21H,5-8,10H2,1H3,(H,19,20). The molecular formula is C16H22ClNO3. The molecule has 0 aromatic heterocycles. The van der Waals surface area contributed by atoms with Crippen molar-refractivity contribution in [1.82, 2.24) is 5.32 Å². The van der Waals surface area contributed by atoms with Gasteiger partial charge in [-0.3, -0.25) is 4.79 Å². The lowest BCUT2D eigenvalue weighted by Crippen LogP contribution is -2.45. The molecule has 4 nitrogen and oxygen atoms in total. The largest absolute Gasteiger partial charge is 0.481 e. The predicted octanol–water partition coefficient (Wildman–Crippen LogP) is 3.00. The van der Waals surface area contributed by atoms with Crippen LogP contribution in [0.2, 0.25) is 5.02 Å². The minimum atomic E-state index is -0.807. The Morgan fingerprint density at radius 3 is 2.71 bits per heavy atom. The molecule has 5 heteroatoms. The fraction of sp³-hybridized carbons (Fsp3) is 0.562. The zero-order valence-corrected chi connectivity index (χ0v) is 12.9. The van der Waals surface area contributed by atoms with Gasteiger partial charge in [0, 0.05) is 17.6 Å². The molecule has 1 aliphatic rings. The van der Waals surface area contributed by atoms with Gasteiger partial charge in [-0.15, -0.1) is 0 Å². The summed E-state index contributed by atoms with van der Waals surface area (Å²) in [5, 5.41) is 23.6. The minimum Gasteiger partial charge on any atom is -0.481 e. The van der Waals surface area contributed by atoms with Gasteiger partial charge in [0.2, 0.25) is 0 Å². The average Bonchev–Trinajstić information content (AvgIpc) is 2.45. The normalized spacial score (nSPS) is 27.3. The van der Waals surface area contributed by atoms with E-state index in [0.29, 0.717) is 37.3 Å². The smallest absolute Gasteiger partial charge is 0.306 e. The van der Waals surface area contributed by atoms with Crippen LogP contribution in [0, 0.1) is 5.92 Å². The Bertz CT molecular complexity index is 498. The number of rotatable bonds is 5. The Balaban J connectivity index is 1.86. The molecule has 0 aliphatic heterocycles. The maximum atomic E-state index is 10.9. The quantitative estimate of drug-likeness (QED) is 0.782. The Kier molecular flexibility index (Phi) is 5.25. The Hall–Kier alpha value is -1.10. The highest BCUT2D eigenvalue weighted by Gasteiger charge is 2.35. The molecule has 0 amide bonds. The number of aliphatic carboxylic acids is 1. The molecule has 1 aliphatic carbocycles. The fourth-order valence-electron chi connectivity index (χ4n) is 2.82. The molecule has 1 aromatic rings. The van der Waals surface area contributed by atoms with Crippen LogP contribution in [0.3, 0.4) is 0 Å². The minimum absolute atomic E-state index is 0.0879. The van der Waals surface area contributed by atoms with E-state index in [-0.39, 0.29) is 12.0 Å². The maximum absolute atomic E-state index is 10.9. The number of halogens is 1. The van der Waals surface area contributed by atoms with Crippen molar-refractivity contribution >= 4 is 17.6 Å². The Morgan fingerprint density at radius 1 is 1.48 bits per heavy atom. The fourth-order valence-corrected chi connectivity index (χ4v) is 3.01. The van der Waals surface area contributed by atoms with Crippen LogP contribution in [0.5, 0.6) is 0 Å². The van der Waals surface area contributed by atoms with Crippen LogP contribution in [0.15, 0.2) is 24.3 Å². The van der Waals surface area contributed by atoms with Crippen molar-refractivity contribution in [1.29, 1.82) is 0 Å². The third-order valence-corrected chi connectivity index (χ3v) is 4.59. The summed E-state index contributed by atoms with van der Waals surface area (Å²) in [7, 11) is 0. The van der Waals surface area contributed by atoms with E-state index >= 15 is 0 Å².